The normalized spacial score (nSPS) is 21.4. The monoisotopic (exact) mass is 692 g/mol. The molecule has 8 nitrogen and oxygen atoms in total. The van der Waals surface area contributed by atoms with E-state index in [1.54, 1.807) is 0 Å². The maximum absolute atomic E-state index is 13.6. The number of nitrogens with zero attached hydrogens (tertiary/aromatic N) is 4. The minimum Gasteiger partial charge on any atom is -0.391 e. The zero-order valence-corrected chi connectivity index (χ0v) is 30.1. The van der Waals surface area contributed by atoms with Crippen molar-refractivity contribution < 1.29 is 8.78 Å². The van der Waals surface area contributed by atoms with Crippen molar-refractivity contribution in [2.24, 2.45) is 10.9 Å². The minimum atomic E-state index is -0.523. The molecule has 0 radical (unpaired) electrons. The minimum absolute atomic E-state index is 0.297. The van der Waals surface area contributed by atoms with Gasteiger partial charge in [-0.2, -0.15) is 0 Å². The fourth-order valence-electron chi connectivity index (χ4n) is 7.37. The van der Waals surface area contributed by atoms with Crippen LogP contribution in [0, 0.1) is 29.9 Å². The van der Waals surface area contributed by atoms with Gasteiger partial charge in [0.25, 0.3) is 0 Å². The van der Waals surface area contributed by atoms with Gasteiger partial charge < -0.3 is 31.2 Å². The number of aliphatic imine (C=N–C) groups is 1. The Kier molecular flexibility index (Phi) is 11.3. The van der Waals surface area contributed by atoms with Crippen molar-refractivity contribution in [2.45, 2.75) is 64.8 Å². The van der Waals surface area contributed by atoms with E-state index in [1.807, 2.05) is 26.1 Å². The first-order chi connectivity index (χ1) is 24.6. The van der Waals surface area contributed by atoms with Crippen LogP contribution in [0.25, 0.3) is 17.0 Å². The molecule has 0 aliphatic carbocycles. The van der Waals surface area contributed by atoms with Crippen molar-refractivity contribution >= 4 is 40.5 Å². The number of hydrogen-bond donors (Lipinski definition) is 4. The van der Waals surface area contributed by atoms with Gasteiger partial charge >= 0.3 is 0 Å². The summed E-state index contributed by atoms with van der Waals surface area (Å²) in [4.78, 5) is 14.5. The molecule has 0 spiro atoms. The Morgan fingerprint density at radius 3 is 2.55 bits per heavy atom. The molecule has 1 saturated heterocycles. The highest BCUT2D eigenvalue weighted by atomic mass is 19.1. The van der Waals surface area contributed by atoms with Gasteiger partial charge in [-0.25, -0.2) is 13.8 Å². The Morgan fingerprint density at radius 2 is 1.82 bits per heavy atom. The van der Waals surface area contributed by atoms with Gasteiger partial charge in [0, 0.05) is 79.8 Å². The molecule has 1 atom stereocenters. The lowest BCUT2D eigenvalue weighted by atomic mass is 9.99. The zero-order chi connectivity index (χ0) is 36.1. The van der Waals surface area contributed by atoms with Crippen LogP contribution in [0.3, 0.4) is 0 Å². The third kappa shape index (κ3) is 8.73. The fourth-order valence-corrected chi connectivity index (χ4v) is 7.37. The molecule has 2 bridgehead atoms. The van der Waals surface area contributed by atoms with E-state index in [0.29, 0.717) is 29.6 Å². The predicted octanol–water partition coefficient (Wildman–Crippen LogP) is 7.98. The zero-order valence-electron chi connectivity index (χ0n) is 30.1. The molecular formula is C41H50F2N8. The fraction of sp³-hybridized carbons (Fsp3) is 0.390. The van der Waals surface area contributed by atoms with Crippen molar-refractivity contribution in [1.82, 2.24) is 20.5 Å². The smallest absolute Gasteiger partial charge is 0.208 e. The highest BCUT2D eigenvalue weighted by molar-refractivity contribution is 6.16. The highest BCUT2D eigenvalue weighted by Gasteiger charge is 2.28. The molecule has 0 amide bonds. The van der Waals surface area contributed by atoms with Gasteiger partial charge in [-0.3, -0.25) is 4.98 Å². The number of halogens is 2. The molecule has 3 aliphatic heterocycles. The van der Waals surface area contributed by atoms with E-state index in [9.17, 15) is 8.78 Å². The summed E-state index contributed by atoms with van der Waals surface area (Å²) in [6.45, 7) is 16.5. The Bertz CT molecular complexity index is 1840. The molecule has 4 N–H and O–H groups in total. The van der Waals surface area contributed by atoms with Crippen LogP contribution in [-0.4, -0.2) is 61.3 Å². The molecule has 10 heteroatoms. The Labute approximate surface area is 301 Å². The first-order valence-electron chi connectivity index (χ1n) is 18.1. The molecule has 268 valence electrons. The van der Waals surface area contributed by atoms with Gasteiger partial charge in [-0.1, -0.05) is 32.6 Å². The Hall–Kier alpha value is -4.83. The number of hydrogen-bond acceptors (Lipinski definition) is 8. The second-order valence-electron chi connectivity index (χ2n) is 14.1. The number of rotatable bonds is 8. The second-order valence-corrected chi connectivity index (χ2v) is 14.1. The summed E-state index contributed by atoms with van der Waals surface area (Å²) in [6.07, 6.45) is 7.95. The van der Waals surface area contributed by atoms with Crippen molar-refractivity contribution in [3.8, 4) is 0 Å². The number of fused-ring (bicyclic) bond motifs is 5. The van der Waals surface area contributed by atoms with Crippen LogP contribution >= 0.6 is 0 Å². The lowest BCUT2D eigenvalue weighted by Gasteiger charge is -2.33. The molecule has 0 unspecified atom stereocenters. The van der Waals surface area contributed by atoms with E-state index < -0.39 is 11.6 Å². The number of piperidine rings is 1. The van der Waals surface area contributed by atoms with E-state index in [2.05, 4.69) is 64.0 Å². The molecule has 2 aromatic carbocycles. The first kappa shape index (κ1) is 36.0. The van der Waals surface area contributed by atoms with Crippen LogP contribution in [0.1, 0.15) is 73.5 Å². The van der Waals surface area contributed by atoms with E-state index in [-0.39, 0.29) is 0 Å². The molecule has 1 fully saturated rings. The number of aromatic nitrogens is 1. The maximum atomic E-state index is 13.6. The van der Waals surface area contributed by atoms with Crippen LogP contribution in [-0.2, 0) is 6.42 Å². The summed E-state index contributed by atoms with van der Waals surface area (Å²) < 4.78 is 27.2. The molecular weight excluding hydrogens is 643 g/mol. The third-order valence-corrected chi connectivity index (χ3v) is 10.2. The number of benzene rings is 2. The van der Waals surface area contributed by atoms with E-state index in [1.165, 1.54) is 18.3 Å². The quantitative estimate of drug-likeness (QED) is 0.179. The number of aryl methyl sites for hydroxylation is 1. The second kappa shape index (κ2) is 16.0. The lowest BCUT2D eigenvalue weighted by molar-refractivity contribution is 0.207. The average molecular weight is 693 g/mol. The van der Waals surface area contributed by atoms with Gasteiger partial charge in [-0.05, 0) is 98.9 Å². The predicted molar refractivity (Wildman–Crippen MR) is 207 cm³/mol. The number of guanidine groups is 1. The number of pyridine rings is 1. The summed E-state index contributed by atoms with van der Waals surface area (Å²) in [6, 6.07) is 14.4. The Morgan fingerprint density at radius 1 is 1.06 bits per heavy atom. The van der Waals surface area contributed by atoms with E-state index in [0.717, 1.165) is 128 Å². The highest BCUT2D eigenvalue weighted by Crippen LogP contribution is 2.37. The molecule has 1 aromatic heterocycles. The van der Waals surface area contributed by atoms with Crippen LogP contribution in [0.5, 0.6) is 0 Å². The summed E-state index contributed by atoms with van der Waals surface area (Å²) >= 11 is 0. The molecule has 6 rings (SSSR count). The Balaban J connectivity index is 1.17. The van der Waals surface area contributed by atoms with Gasteiger partial charge in [0.05, 0.1) is 22.8 Å². The molecule has 0 saturated carbocycles. The lowest BCUT2D eigenvalue weighted by Crippen LogP contribution is -2.42. The van der Waals surface area contributed by atoms with Gasteiger partial charge in [0.2, 0.25) is 5.96 Å². The van der Waals surface area contributed by atoms with Crippen LogP contribution in [0.2, 0.25) is 0 Å². The van der Waals surface area contributed by atoms with Gasteiger partial charge in [0.1, 0.15) is 11.6 Å². The number of nitrogens with one attached hydrogen (secondary N) is 4. The maximum Gasteiger partial charge on any atom is 0.208 e. The van der Waals surface area contributed by atoms with Crippen LogP contribution in [0.4, 0.5) is 20.2 Å². The molecule has 51 heavy (non-hydrogen) atoms. The first-order valence-corrected chi connectivity index (χ1v) is 18.1. The van der Waals surface area contributed by atoms with E-state index in [4.69, 9.17) is 15.4 Å². The molecule has 3 aromatic rings. The number of allylic oxidation sites excluding steroid dienone is 2. The van der Waals surface area contributed by atoms with Crippen molar-refractivity contribution in [1.29, 1.82) is 5.41 Å². The number of likely N-dealkylation sites (tertiary alicyclic amines) is 1. The summed E-state index contributed by atoms with van der Waals surface area (Å²) in [5.74, 6) is 0.107. The third-order valence-electron chi connectivity index (χ3n) is 10.2. The summed E-state index contributed by atoms with van der Waals surface area (Å²) in [7, 11) is 1.92. The topological polar surface area (TPSA) is 91.7 Å². The largest absolute Gasteiger partial charge is 0.391 e. The molecule has 4 heterocycles. The van der Waals surface area contributed by atoms with Crippen molar-refractivity contribution in [2.75, 3.05) is 43.4 Å². The van der Waals surface area contributed by atoms with Crippen molar-refractivity contribution in [3.05, 3.63) is 107 Å². The van der Waals surface area contributed by atoms with Crippen molar-refractivity contribution in [3.63, 3.8) is 0 Å². The van der Waals surface area contributed by atoms with Gasteiger partial charge in [0.15, 0.2) is 0 Å². The van der Waals surface area contributed by atoms with Crippen LogP contribution in [0.15, 0.2) is 72.4 Å². The summed E-state index contributed by atoms with van der Waals surface area (Å²) in [5.41, 5.74) is 9.59. The average Bonchev–Trinajstić information content (AvgIpc) is 3.43. The van der Waals surface area contributed by atoms with Crippen LogP contribution < -0.4 is 20.9 Å². The number of anilines is 2. The van der Waals surface area contributed by atoms with Gasteiger partial charge in [-0.15, -0.1) is 0 Å². The standard InChI is InChI=1S/C41H50F2N8/c1-26-8-6-7-9-37(45-5)36(24-44)39-21-32(18-27(2)46-39)29(4)48-41-49-38-11-10-31(22-40(38)51(41)25-26)28(3)47-35-13-16-50(17-14-35)15-12-30-19-33(42)23-34(43)20-30/h10-11,18-24,26,35,44-45,47H,3-4,6-9,12-17,25H2,1-2,5H3,(H,48,49)/b37-36+,44-24?/t26-/m1/s1. The molecule has 3 aliphatic rings. The SMILES string of the molecule is C=C1/N=C2\Nc3ccc(C(=C)NC4CCN(CCc5cc(F)cc(F)c5)CC4)cc3N2C[C@H](C)CCCC/C(NC)=C(/C=N)c2cc1cc(C)n2. The summed E-state index contributed by atoms with van der Waals surface area (Å²) in [5, 5.41) is 18.8. The van der Waals surface area contributed by atoms with E-state index >= 15 is 0 Å².